The van der Waals surface area contributed by atoms with Crippen molar-refractivity contribution in [3.63, 3.8) is 0 Å². The molecule has 7 rings (SSSR count). The molecular formula is C60H75ClN6O6S. The van der Waals surface area contributed by atoms with E-state index in [1.165, 1.54) is 21.6 Å². The lowest BCUT2D eigenvalue weighted by molar-refractivity contribution is -0.144. The molecule has 5 aromatic rings. The first-order valence-corrected chi connectivity index (χ1v) is 27.9. The zero-order valence-corrected chi connectivity index (χ0v) is 45.3. The molecule has 2 fully saturated rings. The Morgan fingerprint density at radius 1 is 0.784 bits per heavy atom. The summed E-state index contributed by atoms with van der Waals surface area (Å²) >= 11 is 7.93. The third-order valence-electron chi connectivity index (χ3n) is 14.1. The van der Waals surface area contributed by atoms with E-state index in [9.17, 15) is 24.3 Å². The van der Waals surface area contributed by atoms with E-state index in [0.717, 1.165) is 110 Å². The van der Waals surface area contributed by atoms with Gasteiger partial charge in [-0.2, -0.15) is 0 Å². The number of allylic oxidation sites excluding steroid dienone is 1. The highest BCUT2D eigenvalue weighted by Gasteiger charge is 2.44. The SMILES string of the molecule is Cc1ncsc1-c1ccc(CNC(=O)[C@@H]2C[C@@H](O)CN2C(=O)[C@@H](NC(=O)CCCCCCCCC(=O)N2CCN(CCOc3ccc(/C(=C(/CCCl)c4ccccc4)c4ccccc4)cc3)CC2)C(C)(C)C)cc1. The fourth-order valence-electron chi connectivity index (χ4n) is 9.94. The lowest BCUT2D eigenvalue weighted by Gasteiger charge is -2.35. The summed E-state index contributed by atoms with van der Waals surface area (Å²) in [5.41, 5.74) is 9.98. The molecule has 3 N–H and O–H groups in total. The smallest absolute Gasteiger partial charge is 0.246 e. The van der Waals surface area contributed by atoms with Crippen molar-refractivity contribution in [1.29, 1.82) is 0 Å². The number of aliphatic hydroxyl groups is 1. The minimum Gasteiger partial charge on any atom is -0.492 e. The summed E-state index contributed by atoms with van der Waals surface area (Å²) in [6.07, 6.45) is 6.19. The molecule has 12 nitrogen and oxygen atoms in total. The van der Waals surface area contributed by atoms with Gasteiger partial charge < -0.3 is 30.3 Å². The first-order chi connectivity index (χ1) is 35.8. The number of nitrogens with one attached hydrogen (secondary N) is 2. The molecule has 0 spiro atoms. The topological polar surface area (TPSA) is 144 Å². The van der Waals surface area contributed by atoms with Gasteiger partial charge in [0.25, 0.3) is 0 Å². The highest BCUT2D eigenvalue weighted by Crippen LogP contribution is 2.36. The number of hydrogen-bond acceptors (Lipinski definition) is 9. The largest absolute Gasteiger partial charge is 0.492 e. The van der Waals surface area contributed by atoms with Crippen LogP contribution in [0.5, 0.6) is 5.75 Å². The molecule has 0 aliphatic carbocycles. The molecule has 3 heterocycles. The second kappa shape index (κ2) is 27.6. The number of carbonyl (C=O) groups is 4. The number of aromatic nitrogens is 1. The number of amides is 4. The van der Waals surface area contributed by atoms with Gasteiger partial charge in [0, 0.05) is 71.0 Å². The normalized spacial score (nSPS) is 16.9. The van der Waals surface area contributed by atoms with Gasteiger partial charge in [0.2, 0.25) is 23.6 Å². The quantitative estimate of drug-likeness (QED) is 0.0315. The van der Waals surface area contributed by atoms with E-state index in [2.05, 4.69) is 81.2 Å². The van der Waals surface area contributed by atoms with Crippen molar-refractivity contribution < 1.29 is 29.0 Å². The Bertz CT molecular complexity index is 2610. The Hall–Kier alpha value is -5.86. The van der Waals surface area contributed by atoms with Gasteiger partial charge >= 0.3 is 0 Å². The van der Waals surface area contributed by atoms with Gasteiger partial charge in [0.05, 0.1) is 22.2 Å². The molecule has 4 aromatic carbocycles. The second-order valence-electron chi connectivity index (χ2n) is 20.7. The number of unbranched alkanes of at least 4 members (excludes halogenated alkanes) is 5. The number of hydrogen-bond donors (Lipinski definition) is 3. The maximum atomic E-state index is 14.1. The van der Waals surface area contributed by atoms with Crippen molar-refractivity contribution in [2.75, 3.05) is 51.8 Å². The molecular weight excluding hydrogens is 968 g/mol. The monoisotopic (exact) mass is 1040 g/mol. The average molecular weight is 1040 g/mol. The number of alkyl halides is 1. The first-order valence-electron chi connectivity index (χ1n) is 26.5. The van der Waals surface area contributed by atoms with Crippen LogP contribution in [0.1, 0.15) is 113 Å². The highest BCUT2D eigenvalue weighted by atomic mass is 35.5. The number of aliphatic hydroxyl groups excluding tert-OH is 1. The van der Waals surface area contributed by atoms with E-state index in [-0.39, 0.29) is 49.6 Å². The maximum Gasteiger partial charge on any atom is 0.246 e. The molecule has 4 amide bonds. The Labute approximate surface area is 447 Å². The molecule has 14 heteroatoms. The van der Waals surface area contributed by atoms with Gasteiger partial charge in [-0.25, -0.2) is 4.98 Å². The molecule has 0 radical (unpaired) electrons. The number of thiazole rings is 1. The summed E-state index contributed by atoms with van der Waals surface area (Å²) in [6, 6.07) is 35.5. The van der Waals surface area contributed by atoms with Crippen molar-refractivity contribution in [1.82, 2.24) is 30.3 Å². The van der Waals surface area contributed by atoms with Gasteiger partial charge in [0.15, 0.2) is 0 Å². The lowest BCUT2D eigenvalue weighted by atomic mass is 9.85. The summed E-state index contributed by atoms with van der Waals surface area (Å²) in [6.45, 7) is 12.4. The summed E-state index contributed by atoms with van der Waals surface area (Å²) < 4.78 is 6.21. The van der Waals surface area contributed by atoms with E-state index in [1.54, 1.807) is 11.3 Å². The fraction of sp³-hybridized carbons (Fsp3) is 0.450. The Balaban J connectivity index is 0.758. The number of halogens is 1. The van der Waals surface area contributed by atoms with Crippen molar-refractivity contribution in [2.45, 2.75) is 117 Å². The first kappa shape index (κ1) is 55.9. The second-order valence-corrected chi connectivity index (χ2v) is 21.9. The van der Waals surface area contributed by atoms with Crippen molar-refractivity contribution in [3.05, 3.63) is 143 Å². The van der Waals surface area contributed by atoms with Gasteiger partial charge in [-0.15, -0.1) is 22.9 Å². The number of β-amino-alcohol motifs (C(OH)–C–C–N with tert-alkyl or cyclic N) is 1. The molecule has 2 aliphatic heterocycles. The minimum atomic E-state index is -0.859. The van der Waals surface area contributed by atoms with Crippen molar-refractivity contribution >= 4 is 57.7 Å². The number of carbonyl (C=O) groups excluding carboxylic acids is 4. The summed E-state index contributed by atoms with van der Waals surface area (Å²) in [5, 5.41) is 16.5. The zero-order chi connectivity index (χ0) is 52.5. The molecule has 74 heavy (non-hydrogen) atoms. The van der Waals surface area contributed by atoms with Gasteiger partial charge in [-0.1, -0.05) is 144 Å². The van der Waals surface area contributed by atoms with Crippen LogP contribution in [0.3, 0.4) is 0 Å². The number of likely N-dealkylation sites (tertiary alicyclic amines) is 1. The predicted octanol–water partition coefficient (Wildman–Crippen LogP) is 10.2. The summed E-state index contributed by atoms with van der Waals surface area (Å²) in [7, 11) is 0. The van der Waals surface area contributed by atoms with E-state index < -0.39 is 23.6 Å². The molecule has 2 aliphatic rings. The van der Waals surface area contributed by atoms with Crippen LogP contribution in [0, 0.1) is 12.3 Å². The molecule has 2 saturated heterocycles. The molecule has 3 atom stereocenters. The standard InChI is InChI=1S/C60H75ClN6O6S/c1-43-56(74-42-63-43)48-25-23-44(24-26-48)40-62-58(71)52-39-49(68)41-67(52)59(72)57(60(2,3)4)64-53(69)21-15-7-5-6-8-16-22-54(70)66-35-33-65(34-36-66)37-38-73-50-29-27-47(28-30-50)55(46-19-13-10-14-20-46)51(31-32-61)45-17-11-9-12-18-45/h9-14,17-20,23-30,42,49,52,57,68H,5-8,15-16,21-22,31-41H2,1-4H3,(H,62,71)(H,64,69)/b55-51-/t49-,52+,57-/m1/s1. The minimum absolute atomic E-state index is 0.0291. The van der Waals surface area contributed by atoms with Crippen LogP contribution in [0.4, 0.5) is 0 Å². The zero-order valence-electron chi connectivity index (χ0n) is 43.7. The van der Waals surface area contributed by atoms with E-state index >= 15 is 0 Å². The highest BCUT2D eigenvalue weighted by molar-refractivity contribution is 7.13. The van der Waals surface area contributed by atoms with Crippen LogP contribution < -0.4 is 15.4 Å². The average Bonchev–Trinajstić information content (AvgIpc) is 4.03. The van der Waals surface area contributed by atoms with Gasteiger partial charge in [0.1, 0.15) is 24.4 Å². The van der Waals surface area contributed by atoms with Crippen molar-refractivity contribution in [2.24, 2.45) is 5.41 Å². The number of benzene rings is 4. The summed E-state index contributed by atoms with van der Waals surface area (Å²) in [5.74, 6) is 0.662. The molecule has 0 saturated carbocycles. The van der Waals surface area contributed by atoms with Crippen LogP contribution in [-0.2, 0) is 25.7 Å². The third-order valence-corrected chi connectivity index (χ3v) is 15.3. The van der Waals surface area contributed by atoms with E-state index in [0.29, 0.717) is 25.3 Å². The number of rotatable bonds is 24. The predicted molar refractivity (Wildman–Crippen MR) is 298 cm³/mol. The number of piperazine rings is 1. The van der Waals surface area contributed by atoms with Crippen LogP contribution >= 0.6 is 22.9 Å². The number of nitrogens with zero attached hydrogens (tertiary/aromatic N) is 4. The maximum absolute atomic E-state index is 14.1. The molecule has 1 aromatic heterocycles. The van der Waals surface area contributed by atoms with Crippen LogP contribution in [0.2, 0.25) is 0 Å². The fourth-order valence-corrected chi connectivity index (χ4v) is 10.9. The third kappa shape index (κ3) is 15.8. The summed E-state index contributed by atoms with van der Waals surface area (Å²) in [4.78, 5) is 65.1. The Kier molecular flexibility index (Phi) is 20.8. The van der Waals surface area contributed by atoms with Gasteiger partial charge in [-0.3, -0.25) is 24.1 Å². The molecule has 394 valence electrons. The van der Waals surface area contributed by atoms with Gasteiger partial charge in [-0.05, 0) is 82.7 Å². The van der Waals surface area contributed by atoms with Crippen molar-refractivity contribution in [3.8, 4) is 16.2 Å². The number of ether oxygens (including phenoxy) is 1. The van der Waals surface area contributed by atoms with E-state index in [4.69, 9.17) is 16.3 Å². The Morgan fingerprint density at radius 3 is 2.03 bits per heavy atom. The van der Waals surface area contributed by atoms with Crippen LogP contribution in [0.15, 0.2) is 115 Å². The Morgan fingerprint density at radius 2 is 1.41 bits per heavy atom. The van der Waals surface area contributed by atoms with Crippen LogP contribution in [-0.4, -0.2) is 118 Å². The lowest BCUT2D eigenvalue weighted by Crippen LogP contribution is -2.57. The molecule has 0 unspecified atom stereocenters. The number of aryl methyl sites for hydroxylation is 1. The molecule has 0 bridgehead atoms. The van der Waals surface area contributed by atoms with Crippen LogP contribution in [0.25, 0.3) is 21.6 Å². The van der Waals surface area contributed by atoms with E-state index in [1.807, 2.05) is 86.6 Å².